The molecule has 2 aliphatic rings. The van der Waals surface area contributed by atoms with Gasteiger partial charge in [0, 0.05) is 26.2 Å². The van der Waals surface area contributed by atoms with Gasteiger partial charge in [0.15, 0.2) is 0 Å². The van der Waals surface area contributed by atoms with Crippen molar-refractivity contribution in [2.75, 3.05) is 51.4 Å². The van der Waals surface area contributed by atoms with Gasteiger partial charge in [-0.3, -0.25) is 14.5 Å². The average Bonchev–Trinajstić information content (AvgIpc) is 3.13. The zero-order chi connectivity index (χ0) is 24.3. The summed E-state index contributed by atoms with van der Waals surface area (Å²) < 4.78 is 52.2. The SMILES string of the molecule is COc1ccc(S(=O)(=O)N(CCN2CCOCC2)C2CC(=O)N(c3ccc(F)cc3)C2=O)cc1. The lowest BCUT2D eigenvalue weighted by atomic mass is 10.2. The second-order valence-corrected chi connectivity index (χ2v) is 9.90. The van der Waals surface area contributed by atoms with Gasteiger partial charge in [-0.15, -0.1) is 0 Å². The van der Waals surface area contributed by atoms with Crippen LogP contribution in [-0.2, 0) is 24.3 Å². The maximum Gasteiger partial charge on any atom is 0.252 e. The Hall–Kier alpha value is -2.86. The van der Waals surface area contributed by atoms with Gasteiger partial charge in [0.25, 0.3) is 5.91 Å². The van der Waals surface area contributed by atoms with E-state index in [4.69, 9.17) is 9.47 Å². The maximum absolute atomic E-state index is 13.6. The molecular weight excluding hydrogens is 465 g/mol. The molecule has 2 heterocycles. The van der Waals surface area contributed by atoms with Crippen LogP contribution in [0.5, 0.6) is 5.75 Å². The second kappa shape index (κ2) is 10.2. The summed E-state index contributed by atoms with van der Waals surface area (Å²) in [5.41, 5.74) is 0.203. The number of halogens is 1. The minimum atomic E-state index is -4.12. The number of anilines is 1. The first-order valence-corrected chi connectivity index (χ1v) is 12.3. The molecule has 2 saturated heterocycles. The molecular formula is C23H26FN3O6S. The standard InChI is InChI=1S/C23H26FN3O6S/c1-32-19-6-8-20(9-7-19)34(30,31)26(11-10-25-12-14-33-15-13-25)21-16-22(28)27(23(21)29)18-4-2-17(24)3-5-18/h2-9,21H,10-16H2,1H3. The number of methoxy groups -OCH3 is 1. The van der Waals surface area contributed by atoms with Gasteiger partial charge in [0.2, 0.25) is 15.9 Å². The van der Waals surface area contributed by atoms with E-state index in [2.05, 4.69) is 4.90 Å². The van der Waals surface area contributed by atoms with Crippen molar-refractivity contribution in [3.8, 4) is 5.75 Å². The third-order valence-electron chi connectivity index (χ3n) is 5.96. The van der Waals surface area contributed by atoms with Crippen molar-refractivity contribution in [2.24, 2.45) is 0 Å². The highest BCUT2D eigenvalue weighted by Crippen LogP contribution is 2.30. The summed E-state index contributed by atoms with van der Waals surface area (Å²) in [6.45, 7) is 2.79. The van der Waals surface area contributed by atoms with Gasteiger partial charge in [-0.1, -0.05) is 0 Å². The smallest absolute Gasteiger partial charge is 0.252 e. The number of rotatable bonds is 8. The second-order valence-electron chi connectivity index (χ2n) is 8.01. The van der Waals surface area contributed by atoms with Gasteiger partial charge in [0.05, 0.1) is 37.3 Å². The van der Waals surface area contributed by atoms with Crippen molar-refractivity contribution in [2.45, 2.75) is 17.4 Å². The van der Waals surface area contributed by atoms with Crippen molar-refractivity contribution in [3.05, 3.63) is 54.3 Å². The first kappa shape index (κ1) is 24.3. The van der Waals surface area contributed by atoms with Crippen molar-refractivity contribution in [1.82, 2.24) is 9.21 Å². The van der Waals surface area contributed by atoms with Crippen molar-refractivity contribution >= 4 is 27.5 Å². The number of ether oxygens (including phenoxy) is 2. The first-order valence-electron chi connectivity index (χ1n) is 10.9. The molecule has 0 radical (unpaired) electrons. The van der Waals surface area contributed by atoms with Gasteiger partial charge in [-0.2, -0.15) is 4.31 Å². The van der Waals surface area contributed by atoms with E-state index in [9.17, 15) is 22.4 Å². The van der Waals surface area contributed by atoms with E-state index in [1.165, 1.54) is 43.5 Å². The Labute approximate surface area is 197 Å². The van der Waals surface area contributed by atoms with E-state index in [1.807, 2.05) is 0 Å². The molecule has 0 spiro atoms. The summed E-state index contributed by atoms with van der Waals surface area (Å²) in [5.74, 6) is -1.21. The predicted octanol–water partition coefficient (Wildman–Crippen LogP) is 1.49. The number of nitrogens with zero attached hydrogens (tertiary/aromatic N) is 3. The third kappa shape index (κ3) is 4.97. The Morgan fingerprint density at radius 1 is 1.06 bits per heavy atom. The minimum absolute atomic E-state index is 0.00393. The number of hydrogen-bond acceptors (Lipinski definition) is 7. The van der Waals surface area contributed by atoms with Crippen LogP contribution in [0.25, 0.3) is 0 Å². The molecule has 1 atom stereocenters. The van der Waals surface area contributed by atoms with Crippen molar-refractivity contribution in [3.63, 3.8) is 0 Å². The lowest BCUT2D eigenvalue weighted by Crippen LogP contribution is -2.49. The molecule has 2 aromatic rings. The highest BCUT2D eigenvalue weighted by Gasteiger charge is 2.47. The predicted molar refractivity (Wildman–Crippen MR) is 121 cm³/mol. The monoisotopic (exact) mass is 491 g/mol. The molecule has 1 unspecified atom stereocenters. The van der Waals surface area contributed by atoms with Crippen LogP contribution >= 0.6 is 0 Å². The molecule has 0 saturated carbocycles. The Morgan fingerprint density at radius 2 is 1.71 bits per heavy atom. The van der Waals surface area contributed by atoms with Crippen LogP contribution in [-0.4, -0.2) is 82.0 Å². The highest BCUT2D eigenvalue weighted by atomic mass is 32.2. The molecule has 2 aromatic carbocycles. The molecule has 2 amide bonds. The number of sulfonamides is 1. The normalized spacial score (nSPS) is 19.7. The number of amides is 2. The largest absolute Gasteiger partial charge is 0.497 e. The zero-order valence-electron chi connectivity index (χ0n) is 18.7. The molecule has 2 fully saturated rings. The lowest BCUT2D eigenvalue weighted by Gasteiger charge is -2.31. The van der Waals surface area contributed by atoms with E-state index >= 15 is 0 Å². The van der Waals surface area contributed by atoms with E-state index < -0.39 is 33.7 Å². The molecule has 4 rings (SSSR count). The van der Waals surface area contributed by atoms with Gasteiger partial charge < -0.3 is 9.47 Å². The van der Waals surface area contributed by atoms with Crippen LogP contribution in [0, 0.1) is 5.82 Å². The maximum atomic E-state index is 13.6. The Bertz CT molecular complexity index is 1130. The quantitative estimate of drug-likeness (QED) is 0.516. The summed E-state index contributed by atoms with van der Waals surface area (Å²) in [4.78, 5) is 29.1. The van der Waals surface area contributed by atoms with Crippen molar-refractivity contribution in [1.29, 1.82) is 0 Å². The van der Waals surface area contributed by atoms with E-state index in [0.29, 0.717) is 38.6 Å². The van der Waals surface area contributed by atoms with Crippen LogP contribution in [0.4, 0.5) is 10.1 Å². The molecule has 182 valence electrons. The molecule has 9 nitrogen and oxygen atoms in total. The number of benzene rings is 2. The van der Waals surface area contributed by atoms with Crippen LogP contribution in [0.15, 0.2) is 53.4 Å². The van der Waals surface area contributed by atoms with E-state index in [1.54, 1.807) is 0 Å². The molecule has 0 aromatic heterocycles. The fraction of sp³-hybridized carbons (Fsp3) is 0.391. The minimum Gasteiger partial charge on any atom is -0.497 e. The van der Waals surface area contributed by atoms with E-state index in [0.717, 1.165) is 21.3 Å². The fourth-order valence-corrected chi connectivity index (χ4v) is 5.67. The highest BCUT2D eigenvalue weighted by molar-refractivity contribution is 7.89. The molecule has 11 heteroatoms. The lowest BCUT2D eigenvalue weighted by molar-refractivity contribution is -0.122. The van der Waals surface area contributed by atoms with Gasteiger partial charge in [-0.05, 0) is 48.5 Å². The molecule has 2 aliphatic heterocycles. The summed E-state index contributed by atoms with van der Waals surface area (Å²) in [7, 11) is -2.64. The summed E-state index contributed by atoms with van der Waals surface area (Å²) in [5, 5.41) is 0. The number of carbonyl (C=O) groups is 2. The summed E-state index contributed by atoms with van der Waals surface area (Å²) in [6, 6.07) is 9.61. The Morgan fingerprint density at radius 3 is 2.32 bits per heavy atom. The number of morpholine rings is 1. The number of hydrogen-bond donors (Lipinski definition) is 0. The van der Waals surface area contributed by atoms with E-state index in [-0.39, 0.29) is 23.5 Å². The van der Waals surface area contributed by atoms with Crippen LogP contribution < -0.4 is 9.64 Å². The fourth-order valence-electron chi connectivity index (χ4n) is 4.09. The average molecular weight is 492 g/mol. The Balaban J connectivity index is 1.64. The van der Waals surface area contributed by atoms with Gasteiger partial charge >= 0.3 is 0 Å². The van der Waals surface area contributed by atoms with Crippen LogP contribution in [0.1, 0.15) is 6.42 Å². The molecule has 34 heavy (non-hydrogen) atoms. The van der Waals surface area contributed by atoms with Crippen molar-refractivity contribution < 1.29 is 31.9 Å². The molecule has 0 aliphatic carbocycles. The summed E-state index contributed by atoms with van der Waals surface area (Å²) in [6.07, 6.45) is -0.297. The first-order chi connectivity index (χ1) is 16.3. The summed E-state index contributed by atoms with van der Waals surface area (Å²) >= 11 is 0. The number of carbonyl (C=O) groups excluding carboxylic acids is 2. The topological polar surface area (TPSA) is 96.5 Å². The Kier molecular flexibility index (Phi) is 7.27. The van der Waals surface area contributed by atoms with Crippen LogP contribution in [0.3, 0.4) is 0 Å². The third-order valence-corrected chi connectivity index (χ3v) is 7.88. The number of imide groups is 1. The van der Waals surface area contributed by atoms with Gasteiger partial charge in [0.1, 0.15) is 17.6 Å². The molecule has 0 bridgehead atoms. The molecule has 0 N–H and O–H groups in total. The van der Waals surface area contributed by atoms with Gasteiger partial charge in [-0.25, -0.2) is 17.7 Å². The zero-order valence-corrected chi connectivity index (χ0v) is 19.5. The van der Waals surface area contributed by atoms with Crippen LogP contribution in [0.2, 0.25) is 0 Å².